The highest BCUT2D eigenvalue weighted by Gasteiger charge is 2.30. The number of fused-ring (bicyclic) bond motifs is 1. The average Bonchev–Trinajstić information content (AvgIpc) is 3.38. The summed E-state index contributed by atoms with van der Waals surface area (Å²) in [6.07, 6.45) is 5.94. The van der Waals surface area contributed by atoms with E-state index in [1.165, 1.54) is 0 Å². The Morgan fingerprint density at radius 1 is 1.35 bits per heavy atom. The van der Waals surface area contributed by atoms with Gasteiger partial charge in [-0.2, -0.15) is 9.61 Å². The van der Waals surface area contributed by atoms with Crippen LogP contribution in [0.25, 0.3) is 16.8 Å². The molecule has 0 spiro atoms. The van der Waals surface area contributed by atoms with Crippen LogP contribution in [0.15, 0.2) is 29.0 Å². The molecule has 1 N–H and O–H groups in total. The molecule has 9 nitrogen and oxygen atoms in total. The van der Waals surface area contributed by atoms with Crippen LogP contribution in [-0.4, -0.2) is 57.6 Å². The van der Waals surface area contributed by atoms with E-state index in [2.05, 4.69) is 5.10 Å². The molecule has 1 saturated heterocycles. The van der Waals surface area contributed by atoms with E-state index < -0.39 is 5.60 Å². The number of hydrogen-bond donors (Lipinski definition) is 1. The van der Waals surface area contributed by atoms with Crippen molar-refractivity contribution in [2.24, 2.45) is 0 Å². The lowest BCUT2D eigenvalue weighted by molar-refractivity contribution is 0.0197. The molecule has 1 atom stereocenters. The number of furan rings is 1. The van der Waals surface area contributed by atoms with Crippen LogP contribution < -0.4 is 4.74 Å². The molecular formula is C22H27N5O4. The van der Waals surface area contributed by atoms with Gasteiger partial charge in [-0.25, -0.2) is 9.78 Å². The maximum atomic E-state index is 12.6. The fourth-order valence-electron chi connectivity index (χ4n) is 3.79. The number of amides is 1. The van der Waals surface area contributed by atoms with Crippen molar-refractivity contribution in [1.82, 2.24) is 19.5 Å². The quantitative estimate of drug-likeness (QED) is 0.631. The lowest BCUT2D eigenvalue weighted by atomic mass is 9.94. The molecular weight excluding hydrogens is 398 g/mol. The zero-order chi connectivity index (χ0) is 22.2. The summed E-state index contributed by atoms with van der Waals surface area (Å²) in [5, 5.41) is 11.8. The molecule has 1 amide bonds. The van der Waals surface area contributed by atoms with Gasteiger partial charge < -0.3 is 24.2 Å². The van der Waals surface area contributed by atoms with Crippen LogP contribution in [0.2, 0.25) is 0 Å². The second-order valence-electron chi connectivity index (χ2n) is 8.66. The van der Waals surface area contributed by atoms with Gasteiger partial charge in [0.05, 0.1) is 31.5 Å². The lowest BCUT2D eigenvalue weighted by Crippen LogP contribution is -2.42. The number of hydrogen-bond acceptors (Lipinski definition) is 7. The first kappa shape index (κ1) is 20.9. The van der Waals surface area contributed by atoms with Crippen molar-refractivity contribution in [1.29, 1.82) is 5.41 Å². The highest BCUT2D eigenvalue weighted by molar-refractivity contribution is 5.82. The van der Waals surface area contributed by atoms with Crippen LogP contribution in [0.5, 0.6) is 5.88 Å². The number of rotatable bonds is 4. The molecule has 31 heavy (non-hydrogen) atoms. The molecule has 1 unspecified atom stereocenters. The number of nitrogens with one attached hydrogen (secondary N) is 1. The number of likely N-dealkylation sites (tertiary alicyclic amines) is 1. The highest BCUT2D eigenvalue weighted by Crippen LogP contribution is 2.32. The van der Waals surface area contributed by atoms with Crippen molar-refractivity contribution in [3.05, 3.63) is 36.0 Å². The van der Waals surface area contributed by atoms with Gasteiger partial charge in [-0.05, 0) is 39.7 Å². The Hall–Kier alpha value is -3.36. The zero-order valence-corrected chi connectivity index (χ0v) is 18.2. The second-order valence-corrected chi connectivity index (χ2v) is 8.66. The number of nitrogens with zero attached hydrogens (tertiary/aromatic N) is 4. The molecule has 0 radical (unpaired) electrons. The van der Waals surface area contributed by atoms with Gasteiger partial charge in [-0.1, -0.05) is 0 Å². The minimum atomic E-state index is -0.531. The first-order valence-corrected chi connectivity index (χ1v) is 10.3. The van der Waals surface area contributed by atoms with Crippen LogP contribution in [-0.2, 0) is 4.74 Å². The van der Waals surface area contributed by atoms with Gasteiger partial charge in [0.25, 0.3) is 0 Å². The third-order valence-electron chi connectivity index (χ3n) is 5.23. The number of piperidine rings is 1. The van der Waals surface area contributed by atoms with Gasteiger partial charge >= 0.3 is 6.09 Å². The van der Waals surface area contributed by atoms with Crippen molar-refractivity contribution in [2.75, 3.05) is 20.2 Å². The molecule has 164 valence electrons. The molecule has 0 aliphatic carbocycles. The van der Waals surface area contributed by atoms with E-state index in [-0.39, 0.29) is 12.0 Å². The van der Waals surface area contributed by atoms with Gasteiger partial charge in [-0.15, -0.1) is 0 Å². The maximum absolute atomic E-state index is 12.6. The number of methoxy groups -OCH3 is 1. The largest absolute Gasteiger partial charge is 0.481 e. The van der Waals surface area contributed by atoms with Crippen LogP contribution in [0.4, 0.5) is 4.79 Å². The van der Waals surface area contributed by atoms with E-state index in [0.29, 0.717) is 30.4 Å². The van der Waals surface area contributed by atoms with Crippen molar-refractivity contribution in [3.63, 3.8) is 0 Å². The molecule has 0 saturated carbocycles. The van der Waals surface area contributed by atoms with E-state index in [9.17, 15) is 4.79 Å². The molecule has 3 aromatic rings. The summed E-state index contributed by atoms with van der Waals surface area (Å²) in [5.74, 6) is 1.08. The Balaban J connectivity index is 1.68. The predicted octanol–water partition coefficient (Wildman–Crippen LogP) is 4.11. The van der Waals surface area contributed by atoms with E-state index in [0.717, 1.165) is 35.9 Å². The fraction of sp³-hybridized carbons (Fsp3) is 0.455. The fourth-order valence-corrected chi connectivity index (χ4v) is 3.79. The van der Waals surface area contributed by atoms with Gasteiger partial charge in [0.2, 0.25) is 5.88 Å². The van der Waals surface area contributed by atoms with Crippen LogP contribution >= 0.6 is 0 Å². The Morgan fingerprint density at radius 3 is 2.84 bits per heavy atom. The van der Waals surface area contributed by atoms with Crippen molar-refractivity contribution >= 4 is 18.0 Å². The van der Waals surface area contributed by atoms with Crippen LogP contribution in [0, 0.1) is 5.41 Å². The number of carbonyl (C=O) groups is 1. The van der Waals surface area contributed by atoms with Gasteiger partial charge in [0, 0.05) is 36.2 Å². The molecule has 1 aliphatic rings. The molecule has 1 fully saturated rings. The molecule has 0 bridgehead atoms. The van der Waals surface area contributed by atoms with Crippen molar-refractivity contribution < 1.29 is 18.7 Å². The second kappa shape index (κ2) is 8.05. The van der Waals surface area contributed by atoms with Gasteiger partial charge in [0.15, 0.2) is 5.65 Å². The number of ether oxygens (including phenoxy) is 2. The van der Waals surface area contributed by atoms with Gasteiger partial charge in [0.1, 0.15) is 11.4 Å². The summed E-state index contributed by atoms with van der Waals surface area (Å²) >= 11 is 0. The maximum Gasteiger partial charge on any atom is 0.410 e. The Labute approximate surface area is 180 Å². The summed E-state index contributed by atoms with van der Waals surface area (Å²) in [5.41, 5.74) is 2.53. The molecule has 1 aliphatic heterocycles. The third-order valence-corrected chi connectivity index (χ3v) is 5.23. The molecule has 0 aromatic carbocycles. The first-order valence-electron chi connectivity index (χ1n) is 10.3. The lowest BCUT2D eigenvalue weighted by Gasteiger charge is -2.34. The number of aromatic nitrogens is 3. The molecule has 4 heterocycles. The highest BCUT2D eigenvalue weighted by atomic mass is 16.6. The third kappa shape index (κ3) is 4.26. The number of carbonyl (C=O) groups excluding carboxylic acids is 1. The summed E-state index contributed by atoms with van der Waals surface area (Å²) in [7, 11) is 1.60. The van der Waals surface area contributed by atoms with Crippen LogP contribution in [0.3, 0.4) is 0 Å². The van der Waals surface area contributed by atoms with E-state index >= 15 is 0 Å². The Morgan fingerprint density at radius 2 is 2.16 bits per heavy atom. The topological polar surface area (TPSA) is 106 Å². The first-order chi connectivity index (χ1) is 14.8. The van der Waals surface area contributed by atoms with E-state index in [1.807, 2.05) is 26.8 Å². The minimum absolute atomic E-state index is 0.0596. The monoisotopic (exact) mass is 425 g/mol. The summed E-state index contributed by atoms with van der Waals surface area (Å²) in [6, 6.07) is 3.65. The average molecular weight is 425 g/mol. The predicted molar refractivity (Wildman–Crippen MR) is 115 cm³/mol. The van der Waals surface area contributed by atoms with E-state index in [4.69, 9.17) is 24.3 Å². The zero-order valence-electron chi connectivity index (χ0n) is 18.2. The van der Waals surface area contributed by atoms with Gasteiger partial charge in [-0.3, -0.25) is 0 Å². The standard InChI is InChI=1S/C22H27N5O4/c1-22(2,3)31-21(28)26-7-5-6-14(12-26)18-9-19(29-4)27-20(25-18)17(11-24-27)15-8-16(10-23)30-13-15/h8-11,13-14,23H,5-7,12H2,1-4H3. The summed E-state index contributed by atoms with van der Waals surface area (Å²) < 4.78 is 18.1. The normalized spacial score (nSPS) is 17.0. The molecule has 4 rings (SSSR count). The smallest absolute Gasteiger partial charge is 0.410 e. The SMILES string of the molecule is COc1cc(C2CCCN(C(=O)OC(C)(C)C)C2)nc2c(-c3coc(C=N)c3)cnn12. The Bertz CT molecular complexity index is 1110. The Kier molecular flexibility index (Phi) is 5.43. The minimum Gasteiger partial charge on any atom is -0.481 e. The van der Waals surface area contributed by atoms with E-state index in [1.54, 1.807) is 35.1 Å². The van der Waals surface area contributed by atoms with Crippen molar-refractivity contribution in [2.45, 2.75) is 45.1 Å². The van der Waals surface area contributed by atoms with Crippen LogP contribution in [0.1, 0.15) is 51.0 Å². The molecule has 9 heteroatoms. The summed E-state index contributed by atoms with van der Waals surface area (Å²) in [6.45, 7) is 6.81. The summed E-state index contributed by atoms with van der Waals surface area (Å²) in [4.78, 5) is 19.2. The van der Waals surface area contributed by atoms with Crippen molar-refractivity contribution in [3.8, 4) is 17.0 Å². The molecule has 3 aromatic heterocycles.